The third kappa shape index (κ3) is 7.72. The van der Waals surface area contributed by atoms with Crippen LogP contribution in [0.2, 0.25) is 5.02 Å². The molecule has 0 radical (unpaired) electrons. The lowest BCUT2D eigenvalue weighted by molar-refractivity contribution is -0.142. The van der Waals surface area contributed by atoms with Gasteiger partial charge in [0.15, 0.2) is 0 Å². The number of amides is 1. The molecule has 1 atom stereocenters. The van der Waals surface area contributed by atoms with Gasteiger partial charge in [-0.3, -0.25) is 14.5 Å². The molecule has 0 aliphatic rings. The first kappa shape index (κ1) is 33.2. The lowest BCUT2D eigenvalue weighted by Gasteiger charge is -2.19. The largest absolute Gasteiger partial charge is 0.467 e. The minimum absolute atomic E-state index is 0.0285. The standard InChI is InChI=1S/C38H30ClN3O6S/c1-47-38(44)33(23-25-16-18-26(19-17-25)30-13-5-6-14-34(30)48-29-11-3-2-4-12-29)41-37(43)31-24-28(39)20-21-32(31)42-49(45,46)35-15-7-9-27-10-8-22-40-36(27)35/h2-22,24,33,42H,23H2,1H3,(H,41,43)/t33-/m0/s1. The van der Waals surface area contributed by atoms with E-state index in [9.17, 15) is 18.0 Å². The van der Waals surface area contributed by atoms with Crippen molar-refractivity contribution in [2.45, 2.75) is 17.4 Å². The summed E-state index contributed by atoms with van der Waals surface area (Å²) in [6.07, 6.45) is 1.60. The van der Waals surface area contributed by atoms with Gasteiger partial charge in [0, 0.05) is 28.6 Å². The quantitative estimate of drug-likeness (QED) is 0.134. The molecule has 0 aliphatic heterocycles. The molecule has 0 fully saturated rings. The number of hydrogen-bond donors (Lipinski definition) is 2. The van der Waals surface area contributed by atoms with Crippen LogP contribution in [0.3, 0.4) is 0 Å². The van der Waals surface area contributed by atoms with Crippen LogP contribution < -0.4 is 14.8 Å². The molecule has 0 unspecified atom stereocenters. The van der Waals surface area contributed by atoms with E-state index in [-0.39, 0.29) is 33.1 Å². The molecule has 1 amide bonds. The summed E-state index contributed by atoms with van der Waals surface area (Å²) in [6.45, 7) is 0. The van der Waals surface area contributed by atoms with Crippen LogP contribution in [0.15, 0.2) is 138 Å². The molecule has 0 spiro atoms. The number of benzene rings is 5. The molecule has 6 aromatic rings. The SMILES string of the molecule is COC(=O)[C@H](Cc1ccc(-c2ccccc2Oc2ccccc2)cc1)NC(=O)c1cc(Cl)ccc1NS(=O)(=O)c1cccc2cccnc12. The number of halogens is 1. The molecule has 11 heteroatoms. The average molecular weight is 692 g/mol. The van der Waals surface area contributed by atoms with E-state index in [0.29, 0.717) is 16.9 Å². The number of rotatable bonds is 11. The van der Waals surface area contributed by atoms with Gasteiger partial charge < -0.3 is 14.8 Å². The number of hydrogen-bond acceptors (Lipinski definition) is 7. The number of carbonyl (C=O) groups excluding carboxylic acids is 2. The van der Waals surface area contributed by atoms with Gasteiger partial charge >= 0.3 is 5.97 Å². The van der Waals surface area contributed by atoms with Crippen molar-refractivity contribution < 1.29 is 27.5 Å². The Morgan fingerprint density at radius 3 is 2.35 bits per heavy atom. The summed E-state index contributed by atoms with van der Waals surface area (Å²) in [5.41, 5.74) is 2.69. The van der Waals surface area contributed by atoms with Crippen LogP contribution in [0.1, 0.15) is 15.9 Å². The minimum Gasteiger partial charge on any atom is -0.467 e. The second-order valence-corrected chi connectivity index (χ2v) is 13.1. The molecule has 6 rings (SSSR count). The summed E-state index contributed by atoms with van der Waals surface area (Å²) in [4.78, 5) is 30.7. The number of methoxy groups -OCH3 is 1. The summed E-state index contributed by atoms with van der Waals surface area (Å²) >= 11 is 6.24. The molecular weight excluding hydrogens is 662 g/mol. The Kier molecular flexibility index (Phi) is 9.89. The molecule has 0 aliphatic carbocycles. The topological polar surface area (TPSA) is 124 Å². The molecule has 0 saturated heterocycles. The zero-order valence-corrected chi connectivity index (χ0v) is 27.7. The van der Waals surface area contributed by atoms with E-state index in [2.05, 4.69) is 15.0 Å². The van der Waals surface area contributed by atoms with Crippen LogP contribution in [0.25, 0.3) is 22.0 Å². The van der Waals surface area contributed by atoms with Gasteiger partial charge in [-0.2, -0.15) is 0 Å². The molecular formula is C38H30ClN3O6S. The maximum Gasteiger partial charge on any atom is 0.328 e. The van der Waals surface area contributed by atoms with Crippen molar-refractivity contribution in [2.24, 2.45) is 0 Å². The first-order chi connectivity index (χ1) is 23.7. The number of fused-ring (bicyclic) bond motifs is 1. The van der Waals surface area contributed by atoms with Crippen molar-refractivity contribution in [3.63, 3.8) is 0 Å². The van der Waals surface area contributed by atoms with Gasteiger partial charge in [0.05, 0.1) is 23.9 Å². The van der Waals surface area contributed by atoms with E-state index in [1.807, 2.05) is 78.9 Å². The highest BCUT2D eigenvalue weighted by atomic mass is 35.5. The Balaban J connectivity index is 1.22. The van der Waals surface area contributed by atoms with Gasteiger partial charge in [0.2, 0.25) is 0 Å². The fourth-order valence-corrected chi connectivity index (χ4v) is 6.76. The second-order valence-electron chi connectivity index (χ2n) is 11.0. The molecule has 0 bridgehead atoms. The zero-order valence-electron chi connectivity index (χ0n) is 26.2. The lowest BCUT2D eigenvalue weighted by Crippen LogP contribution is -2.43. The van der Waals surface area contributed by atoms with E-state index < -0.39 is 27.9 Å². The first-order valence-electron chi connectivity index (χ1n) is 15.2. The molecule has 2 N–H and O–H groups in total. The van der Waals surface area contributed by atoms with Gasteiger partial charge in [-0.15, -0.1) is 0 Å². The van der Waals surface area contributed by atoms with Crippen LogP contribution in [0, 0.1) is 0 Å². The second kappa shape index (κ2) is 14.6. The number of nitrogens with zero attached hydrogens (tertiary/aromatic N) is 1. The molecule has 49 heavy (non-hydrogen) atoms. The van der Waals surface area contributed by atoms with Crippen molar-refractivity contribution in [1.29, 1.82) is 0 Å². The number of ether oxygens (including phenoxy) is 2. The Morgan fingerprint density at radius 1 is 0.837 bits per heavy atom. The Labute approximate surface area is 288 Å². The van der Waals surface area contributed by atoms with E-state index in [4.69, 9.17) is 21.1 Å². The molecule has 1 heterocycles. The average Bonchev–Trinajstić information content (AvgIpc) is 3.12. The van der Waals surface area contributed by atoms with Crippen molar-refractivity contribution in [3.05, 3.63) is 150 Å². The zero-order chi connectivity index (χ0) is 34.4. The summed E-state index contributed by atoms with van der Waals surface area (Å²) in [5, 5.41) is 3.53. The highest BCUT2D eigenvalue weighted by Crippen LogP contribution is 2.33. The van der Waals surface area contributed by atoms with E-state index >= 15 is 0 Å². The van der Waals surface area contributed by atoms with Crippen molar-refractivity contribution >= 4 is 50.1 Å². The lowest BCUT2D eigenvalue weighted by atomic mass is 9.99. The monoisotopic (exact) mass is 691 g/mol. The third-order valence-corrected chi connectivity index (χ3v) is 9.34. The number of esters is 1. The fraction of sp³-hybridized carbons (Fsp3) is 0.0789. The van der Waals surface area contributed by atoms with Gasteiger partial charge in [0.1, 0.15) is 22.4 Å². The number of aromatic nitrogens is 1. The van der Waals surface area contributed by atoms with Gasteiger partial charge in [0.25, 0.3) is 15.9 Å². The number of nitrogens with one attached hydrogen (secondary N) is 2. The summed E-state index contributed by atoms with van der Waals surface area (Å²) < 4.78 is 40.7. The number of para-hydroxylation sites is 3. The number of pyridine rings is 1. The smallest absolute Gasteiger partial charge is 0.328 e. The van der Waals surface area contributed by atoms with Crippen LogP contribution in [0.5, 0.6) is 11.5 Å². The van der Waals surface area contributed by atoms with Crippen LogP contribution in [-0.2, 0) is 26.0 Å². The maximum absolute atomic E-state index is 13.7. The molecule has 0 saturated carbocycles. The molecule has 1 aromatic heterocycles. The minimum atomic E-state index is -4.19. The first-order valence-corrected chi connectivity index (χ1v) is 17.0. The van der Waals surface area contributed by atoms with Crippen LogP contribution in [0.4, 0.5) is 5.69 Å². The van der Waals surface area contributed by atoms with Crippen LogP contribution in [-0.4, -0.2) is 38.4 Å². The predicted octanol–water partition coefficient (Wildman–Crippen LogP) is 7.66. The Bertz CT molecular complexity index is 2240. The molecule has 246 valence electrons. The van der Waals surface area contributed by atoms with Crippen molar-refractivity contribution in [1.82, 2.24) is 10.3 Å². The van der Waals surface area contributed by atoms with Gasteiger partial charge in [-0.25, -0.2) is 13.2 Å². The Hall–Kier alpha value is -5.71. The van der Waals surface area contributed by atoms with Crippen molar-refractivity contribution in [3.8, 4) is 22.6 Å². The highest BCUT2D eigenvalue weighted by molar-refractivity contribution is 7.93. The number of sulfonamides is 1. The Morgan fingerprint density at radius 2 is 1.57 bits per heavy atom. The summed E-state index contributed by atoms with van der Waals surface area (Å²) in [7, 11) is -2.96. The van der Waals surface area contributed by atoms with Gasteiger partial charge in [-0.05, 0) is 59.7 Å². The summed E-state index contributed by atoms with van der Waals surface area (Å²) in [6, 6.07) is 36.0. The number of anilines is 1. The van der Waals surface area contributed by atoms with E-state index in [0.717, 1.165) is 16.7 Å². The van der Waals surface area contributed by atoms with E-state index in [1.165, 1.54) is 37.6 Å². The molecule has 9 nitrogen and oxygen atoms in total. The van der Waals surface area contributed by atoms with Gasteiger partial charge in [-0.1, -0.05) is 90.5 Å². The maximum atomic E-state index is 13.7. The fourth-order valence-electron chi connectivity index (χ4n) is 5.32. The molecule has 5 aromatic carbocycles. The normalized spacial score (nSPS) is 11.8. The predicted molar refractivity (Wildman–Crippen MR) is 189 cm³/mol. The van der Waals surface area contributed by atoms with E-state index in [1.54, 1.807) is 24.3 Å². The third-order valence-electron chi connectivity index (χ3n) is 7.71. The van der Waals surface area contributed by atoms with Crippen LogP contribution >= 0.6 is 11.6 Å². The highest BCUT2D eigenvalue weighted by Gasteiger charge is 2.26. The number of carbonyl (C=O) groups is 2. The summed E-state index contributed by atoms with van der Waals surface area (Å²) in [5.74, 6) is -0.00412. The van der Waals surface area contributed by atoms with Crippen molar-refractivity contribution in [2.75, 3.05) is 11.8 Å².